The summed E-state index contributed by atoms with van der Waals surface area (Å²) in [5.41, 5.74) is 0. The van der Waals surface area contributed by atoms with Crippen molar-refractivity contribution in [2.45, 2.75) is 76.9 Å². The zero-order chi connectivity index (χ0) is 16.1. The number of aliphatic hydroxyl groups excluding tert-OH is 2. The Morgan fingerprint density at radius 1 is 0.952 bits per heavy atom. The van der Waals surface area contributed by atoms with Gasteiger partial charge in [-0.2, -0.15) is 0 Å². The van der Waals surface area contributed by atoms with E-state index in [4.69, 9.17) is 14.9 Å². The lowest BCUT2D eigenvalue weighted by molar-refractivity contribution is -0.147. The predicted molar refractivity (Wildman–Crippen MR) is 77.8 cm³/mol. The van der Waals surface area contributed by atoms with Crippen LogP contribution >= 0.6 is 0 Å². The number of carboxylic acids is 1. The van der Waals surface area contributed by atoms with E-state index in [1.807, 2.05) is 0 Å². The van der Waals surface area contributed by atoms with Crippen molar-refractivity contribution in [1.29, 1.82) is 0 Å². The van der Waals surface area contributed by atoms with Gasteiger partial charge in [-0.05, 0) is 19.8 Å². The average Bonchev–Trinajstić information content (AvgIpc) is 2.38. The lowest BCUT2D eigenvalue weighted by Crippen LogP contribution is -2.22. The minimum absolute atomic E-state index is 0.0705. The van der Waals surface area contributed by atoms with Crippen molar-refractivity contribution in [3.63, 3.8) is 0 Å². The first-order valence-corrected chi connectivity index (χ1v) is 7.65. The summed E-state index contributed by atoms with van der Waals surface area (Å²) >= 11 is 0. The number of hydrogen-bond acceptors (Lipinski definition) is 5. The highest BCUT2D eigenvalue weighted by Crippen LogP contribution is 2.09. The Bertz CT molecular complexity index is 290. The van der Waals surface area contributed by atoms with Gasteiger partial charge in [-0.3, -0.25) is 9.59 Å². The number of aliphatic carboxylic acids is 1. The van der Waals surface area contributed by atoms with Gasteiger partial charge < -0.3 is 20.1 Å². The second-order valence-corrected chi connectivity index (χ2v) is 5.44. The smallest absolute Gasteiger partial charge is 0.305 e. The van der Waals surface area contributed by atoms with E-state index in [1.54, 1.807) is 6.92 Å². The number of hydrogen-bond donors (Lipinski definition) is 3. The molecule has 0 spiro atoms. The van der Waals surface area contributed by atoms with Crippen LogP contribution in [0.1, 0.15) is 64.7 Å². The highest BCUT2D eigenvalue weighted by Gasteiger charge is 2.11. The van der Waals surface area contributed by atoms with Crippen LogP contribution in [0.25, 0.3) is 0 Å². The molecule has 0 aliphatic heterocycles. The largest absolute Gasteiger partial charge is 0.481 e. The topological polar surface area (TPSA) is 104 Å². The molecule has 0 amide bonds. The monoisotopic (exact) mass is 304 g/mol. The van der Waals surface area contributed by atoms with Gasteiger partial charge in [0.25, 0.3) is 0 Å². The minimum atomic E-state index is -0.816. The maximum absolute atomic E-state index is 11.4. The summed E-state index contributed by atoms with van der Waals surface area (Å²) in [4.78, 5) is 21.7. The molecule has 0 aromatic heterocycles. The highest BCUT2D eigenvalue weighted by atomic mass is 16.5. The van der Waals surface area contributed by atoms with E-state index in [9.17, 15) is 14.7 Å². The molecule has 6 nitrogen and oxygen atoms in total. The zero-order valence-corrected chi connectivity index (χ0v) is 12.8. The fourth-order valence-corrected chi connectivity index (χ4v) is 1.98. The molecule has 2 atom stereocenters. The number of unbranched alkanes of at least 4 members (excludes halogenated alkanes) is 5. The van der Waals surface area contributed by atoms with Crippen LogP contribution in [0.15, 0.2) is 0 Å². The second kappa shape index (κ2) is 12.6. The lowest BCUT2D eigenvalue weighted by atomic mass is 10.1. The highest BCUT2D eigenvalue weighted by molar-refractivity contribution is 5.69. The average molecular weight is 304 g/mol. The molecule has 0 heterocycles. The van der Waals surface area contributed by atoms with Crippen molar-refractivity contribution in [2.75, 3.05) is 6.61 Å². The van der Waals surface area contributed by atoms with E-state index in [0.717, 1.165) is 32.1 Å². The zero-order valence-electron chi connectivity index (χ0n) is 12.8. The van der Waals surface area contributed by atoms with Crippen LogP contribution in [0, 0.1) is 0 Å². The summed E-state index contributed by atoms with van der Waals surface area (Å²) in [5, 5.41) is 26.9. The van der Waals surface area contributed by atoms with Crippen molar-refractivity contribution in [1.82, 2.24) is 0 Å². The number of rotatable bonds is 13. The van der Waals surface area contributed by atoms with Crippen molar-refractivity contribution in [3.05, 3.63) is 0 Å². The molecule has 2 unspecified atom stereocenters. The number of ether oxygens (including phenoxy) is 1. The molecule has 0 aromatic rings. The van der Waals surface area contributed by atoms with Gasteiger partial charge in [0.2, 0.25) is 0 Å². The lowest BCUT2D eigenvalue weighted by Gasteiger charge is -2.12. The predicted octanol–water partition coefficient (Wildman–Crippen LogP) is 1.87. The molecule has 0 saturated heterocycles. The van der Waals surface area contributed by atoms with E-state index in [1.165, 1.54) is 0 Å². The Morgan fingerprint density at radius 3 is 2.00 bits per heavy atom. The van der Waals surface area contributed by atoms with Crippen molar-refractivity contribution in [3.8, 4) is 0 Å². The fourth-order valence-electron chi connectivity index (χ4n) is 1.98. The fraction of sp³-hybridized carbons (Fsp3) is 0.867. The van der Waals surface area contributed by atoms with Crippen LogP contribution in [-0.4, -0.2) is 46.1 Å². The third-order valence-electron chi connectivity index (χ3n) is 3.07. The van der Waals surface area contributed by atoms with Gasteiger partial charge in [0, 0.05) is 19.3 Å². The Balaban J connectivity index is 3.36. The van der Waals surface area contributed by atoms with Crippen molar-refractivity contribution < 1.29 is 29.6 Å². The van der Waals surface area contributed by atoms with Crippen LogP contribution in [0.4, 0.5) is 0 Å². The summed E-state index contributed by atoms with van der Waals surface area (Å²) in [6.45, 7) is 1.50. The molecule has 0 saturated carbocycles. The van der Waals surface area contributed by atoms with Crippen molar-refractivity contribution in [2.24, 2.45) is 0 Å². The summed E-state index contributed by atoms with van der Waals surface area (Å²) in [5.74, 6) is -1.08. The third-order valence-corrected chi connectivity index (χ3v) is 3.07. The van der Waals surface area contributed by atoms with Crippen molar-refractivity contribution >= 4 is 11.9 Å². The third kappa shape index (κ3) is 15.1. The minimum Gasteiger partial charge on any atom is -0.481 e. The van der Waals surface area contributed by atoms with Gasteiger partial charge >= 0.3 is 11.9 Å². The number of esters is 1. The summed E-state index contributed by atoms with van der Waals surface area (Å²) in [7, 11) is 0. The standard InChI is InChI=1S/C15H28O6/c1-12(16)10-13(17)11-21-15(20)9-7-5-3-2-4-6-8-14(18)19/h12-13,16-17H,2-11H2,1H3,(H,18,19). The van der Waals surface area contributed by atoms with Crippen LogP contribution in [0.2, 0.25) is 0 Å². The van der Waals surface area contributed by atoms with E-state index in [2.05, 4.69) is 0 Å². The maximum Gasteiger partial charge on any atom is 0.305 e. The van der Waals surface area contributed by atoms with E-state index >= 15 is 0 Å². The van der Waals surface area contributed by atoms with Gasteiger partial charge in [-0.1, -0.05) is 25.7 Å². The van der Waals surface area contributed by atoms with Gasteiger partial charge in [-0.25, -0.2) is 0 Å². The Labute approximate surface area is 126 Å². The van der Waals surface area contributed by atoms with Crippen LogP contribution < -0.4 is 0 Å². The molecule has 0 radical (unpaired) electrons. The first-order valence-electron chi connectivity index (χ1n) is 7.65. The molecule has 21 heavy (non-hydrogen) atoms. The Morgan fingerprint density at radius 2 is 1.48 bits per heavy atom. The van der Waals surface area contributed by atoms with Crippen LogP contribution in [0.3, 0.4) is 0 Å². The van der Waals surface area contributed by atoms with E-state index in [0.29, 0.717) is 12.8 Å². The SMILES string of the molecule is CC(O)CC(O)COC(=O)CCCCCCCCC(=O)O. The molecule has 0 fully saturated rings. The number of carboxylic acid groups (broad SMARTS) is 1. The van der Waals surface area contributed by atoms with Crippen LogP contribution in [-0.2, 0) is 14.3 Å². The molecule has 0 rings (SSSR count). The number of carbonyl (C=O) groups excluding carboxylic acids is 1. The summed E-state index contributed by atoms with van der Waals surface area (Å²) in [6.07, 6.45) is 4.56. The number of aliphatic hydroxyl groups is 2. The van der Waals surface area contributed by atoms with Gasteiger partial charge in [0.05, 0.1) is 12.2 Å². The molecule has 124 valence electrons. The summed E-state index contributed by atoms with van der Waals surface area (Å²) < 4.78 is 4.91. The maximum atomic E-state index is 11.4. The Hall–Kier alpha value is -1.14. The van der Waals surface area contributed by atoms with Crippen LogP contribution in [0.5, 0.6) is 0 Å². The molecule has 0 bridgehead atoms. The molecule has 0 aliphatic rings. The Kier molecular flexibility index (Phi) is 11.9. The summed E-state index contributed by atoms with van der Waals surface area (Å²) in [6, 6.07) is 0. The number of carbonyl (C=O) groups is 2. The first kappa shape index (κ1) is 19.9. The molecule has 0 aromatic carbocycles. The molecule has 6 heteroatoms. The normalized spacial score (nSPS) is 13.7. The van der Waals surface area contributed by atoms with E-state index < -0.39 is 18.2 Å². The molecular weight excluding hydrogens is 276 g/mol. The van der Waals surface area contributed by atoms with Gasteiger partial charge in [0.15, 0.2) is 0 Å². The molecule has 0 aliphatic carbocycles. The van der Waals surface area contributed by atoms with Gasteiger partial charge in [0.1, 0.15) is 6.61 Å². The molecule has 3 N–H and O–H groups in total. The first-order chi connectivity index (χ1) is 9.91. The quantitative estimate of drug-likeness (QED) is 0.354. The molecular formula is C15H28O6. The van der Waals surface area contributed by atoms with E-state index in [-0.39, 0.29) is 25.4 Å². The van der Waals surface area contributed by atoms with Gasteiger partial charge in [-0.15, -0.1) is 0 Å². The second-order valence-electron chi connectivity index (χ2n) is 5.44.